The Balaban J connectivity index is 2.45. The Morgan fingerprint density at radius 3 is 2.07 bits per heavy atom. The Morgan fingerprint density at radius 2 is 1.57 bits per heavy atom. The Kier molecular flexibility index (Phi) is 4.16. The van der Waals surface area contributed by atoms with Gasteiger partial charge in [-0.1, -0.05) is 6.92 Å². The van der Waals surface area contributed by atoms with E-state index in [2.05, 4.69) is 26.6 Å². The second-order valence-corrected chi connectivity index (χ2v) is 9.98. The van der Waals surface area contributed by atoms with Gasteiger partial charge in [0.25, 0.3) is 0 Å². The van der Waals surface area contributed by atoms with Crippen molar-refractivity contribution in [2.75, 3.05) is 7.11 Å². The number of rotatable bonds is 3. The molecule has 0 bridgehead atoms. The van der Waals surface area contributed by atoms with E-state index in [1.54, 1.807) is 0 Å². The molecule has 0 unspecified atom stereocenters. The fourth-order valence-electron chi connectivity index (χ4n) is 2.27. The summed E-state index contributed by atoms with van der Waals surface area (Å²) in [4.78, 5) is 0. The molecule has 0 amide bonds. The average Bonchev–Trinajstić information content (AvgIpc) is 1.99. The molecule has 3 heteroatoms. The van der Waals surface area contributed by atoms with Gasteiger partial charge < -0.3 is 9.16 Å². The van der Waals surface area contributed by atoms with Crippen molar-refractivity contribution in [2.24, 2.45) is 5.92 Å². The average molecular weight is 216 g/mol. The summed E-state index contributed by atoms with van der Waals surface area (Å²) in [5, 5.41) is 0. The number of ether oxygens (including phenoxy) is 1. The summed E-state index contributed by atoms with van der Waals surface area (Å²) in [5.74, 6) is 0.745. The summed E-state index contributed by atoms with van der Waals surface area (Å²) >= 11 is 0. The molecule has 2 nitrogen and oxygen atoms in total. The van der Waals surface area contributed by atoms with Crippen molar-refractivity contribution < 1.29 is 9.16 Å². The quantitative estimate of drug-likeness (QED) is 0.675. The zero-order valence-corrected chi connectivity index (χ0v) is 11.2. The SMILES string of the molecule is CO[C@H]1C[C@H](C)C[C@@H](O[Si](C)(C)C)C1. The largest absolute Gasteiger partial charge is 0.415 e. The molecule has 1 fully saturated rings. The van der Waals surface area contributed by atoms with Crippen LogP contribution < -0.4 is 0 Å². The Morgan fingerprint density at radius 1 is 1.00 bits per heavy atom. The summed E-state index contributed by atoms with van der Waals surface area (Å²) in [5.41, 5.74) is 0. The zero-order valence-electron chi connectivity index (χ0n) is 10.2. The van der Waals surface area contributed by atoms with E-state index in [0.717, 1.165) is 12.3 Å². The van der Waals surface area contributed by atoms with E-state index < -0.39 is 8.32 Å². The van der Waals surface area contributed by atoms with Gasteiger partial charge in [0.1, 0.15) is 0 Å². The van der Waals surface area contributed by atoms with Crippen LogP contribution in [0.3, 0.4) is 0 Å². The van der Waals surface area contributed by atoms with Gasteiger partial charge in [-0.2, -0.15) is 0 Å². The smallest absolute Gasteiger partial charge is 0.184 e. The van der Waals surface area contributed by atoms with Gasteiger partial charge in [-0.15, -0.1) is 0 Å². The molecule has 0 N–H and O–H groups in total. The Bertz CT molecular complexity index is 177. The molecule has 1 aliphatic rings. The van der Waals surface area contributed by atoms with Crippen molar-refractivity contribution >= 4 is 8.32 Å². The maximum Gasteiger partial charge on any atom is 0.184 e. The van der Waals surface area contributed by atoms with Crippen LogP contribution in [0.15, 0.2) is 0 Å². The summed E-state index contributed by atoms with van der Waals surface area (Å²) in [7, 11) is 0.442. The summed E-state index contributed by atoms with van der Waals surface area (Å²) in [6.45, 7) is 9.07. The van der Waals surface area contributed by atoms with Crippen LogP contribution in [-0.4, -0.2) is 27.6 Å². The molecule has 0 saturated heterocycles. The number of hydrogen-bond acceptors (Lipinski definition) is 2. The second kappa shape index (κ2) is 4.77. The molecule has 3 atom stereocenters. The lowest BCUT2D eigenvalue weighted by Crippen LogP contribution is -2.38. The zero-order chi connectivity index (χ0) is 10.8. The molecule has 0 aromatic heterocycles. The lowest BCUT2D eigenvalue weighted by atomic mass is 9.87. The van der Waals surface area contributed by atoms with Gasteiger partial charge in [0, 0.05) is 13.2 Å². The summed E-state index contributed by atoms with van der Waals surface area (Å²) in [6.07, 6.45) is 4.35. The molecule has 0 radical (unpaired) electrons. The molecule has 1 saturated carbocycles. The highest BCUT2D eigenvalue weighted by atomic mass is 28.4. The maximum atomic E-state index is 6.14. The fourth-order valence-corrected chi connectivity index (χ4v) is 3.46. The van der Waals surface area contributed by atoms with Crippen LogP contribution in [-0.2, 0) is 9.16 Å². The molecule has 0 aromatic rings. The third-order valence-electron chi connectivity index (χ3n) is 2.71. The molecule has 14 heavy (non-hydrogen) atoms. The summed E-state index contributed by atoms with van der Waals surface area (Å²) in [6, 6.07) is 0. The predicted octanol–water partition coefficient (Wildman–Crippen LogP) is 3.04. The minimum atomic E-state index is -1.37. The molecule has 0 spiro atoms. The minimum absolute atomic E-state index is 0.417. The van der Waals surface area contributed by atoms with Crippen LogP contribution in [0.25, 0.3) is 0 Å². The van der Waals surface area contributed by atoms with Gasteiger partial charge in [0.15, 0.2) is 8.32 Å². The molecule has 1 rings (SSSR count). The van der Waals surface area contributed by atoms with E-state index in [0.29, 0.717) is 12.2 Å². The molecule has 84 valence electrons. The summed E-state index contributed by atoms with van der Waals surface area (Å²) < 4.78 is 11.6. The van der Waals surface area contributed by atoms with Crippen molar-refractivity contribution in [1.29, 1.82) is 0 Å². The van der Waals surface area contributed by atoms with E-state index in [1.807, 2.05) is 7.11 Å². The van der Waals surface area contributed by atoms with Crippen molar-refractivity contribution in [1.82, 2.24) is 0 Å². The van der Waals surface area contributed by atoms with Crippen LogP contribution in [0.1, 0.15) is 26.2 Å². The van der Waals surface area contributed by atoms with E-state index in [9.17, 15) is 0 Å². The molecule has 1 aliphatic carbocycles. The van der Waals surface area contributed by atoms with Gasteiger partial charge in [-0.25, -0.2) is 0 Å². The minimum Gasteiger partial charge on any atom is -0.415 e. The first-order valence-electron chi connectivity index (χ1n) is 5.61. The van der Waals surface area contributed by atoms with E-state index in [4.69, 9.17) is 9.16 Å². The number of methoxy groups -OCH3 is 1. The maximum absolute atomic E-state index is 6.14. The van der Waals surface area contributed by atoms with Crippen LogP contribution in [0, 0.1) is 5.92 Å². The van der Waals surface area contributed by atoms with Gasteiger partial charge in [0.05, 0.1) is 6.10 Å². The van der Waals surface area contributed by atoms with Crippen LogP contribution in [0.4, 0.5) is 0 Å². The normalized spacial score (nSPS) is 34.5. The van der Waals surface area contributed by atoms with Crippen LogP contribution in [0.2, 0.25) is 19.6 Å². The topological polar surface area (TPSA) is 18.5 Å². The van der Waals surface area contributed by atoms with E-state index in [-0.39, 0.29) is 0 Å². The van der Waals surface area contributed by atoms with E-state index >= 15 is 0 Å². The first-order valence-corrected chi connectivity index (χ1v) is 9.02. The van der Waals surface area contributed by atoms with Gasteiger partial charge in [-0.05, 0) is 44.8 Å². The van der Waals surface area contributed by atoms with Crippen LogP contribution >= 0.6 is 0 Å². The third kappa shape index (κ3) is 4.11. The molecule has 0 aliphatic heterocycles. The fraction of sp³-hybridized carbons (Fsp3) is 1.00. The highest BCUT2D eigenvalue weighted by Crippen LogP contribution is 2.29. The van der Waals surface area contributed by atoms with Gasteiger partial charge in [-0.3, -0.25) is 0 Å². The first-order chi connectivity index (χ1) is 6.40. The Labute approximate surface area is 89.1 Å². The lowest BCUT2D eigenvalue weighted by molar-refractivity contribution is -0.000431. The first kappa shape index (κ1) is 12.2. The molecular weight excluding hydrogens is 192 g/mol. The molecule has 0 heterocycles. The third-order valence-corrected chi connectivity index (χ3v) is 3.75. The predicted molar refractivity (Wildman–Crippen MR) is 62.0 cm³/mol. The van der Waals surface area contributed by atoms with Crippen LogP contribution in [0.5, 0.6) is 0 Å². The molecular formula is C11H24O2Si. The second-order valence-electron chi connectivity index (χ2n) is 5.52. The van der Waals surface area contributed by atoms with Gasteiger partial charge in [0.2, 0.25) is 0 Å². The van der Waals surface area contributed by atoms with Crippen molar-refractivity contribution in [3.05, 3.63) is 0 Å². The lowest BCUT2D eigenvalue weighted by Gasteiger charge is -2.36. The Hall–Kier alpha value is 0.137. The highest BCUT2D eigenvalue weighted by molar-refractivity contribution is 6.69. The highest BCUT2D eigenvalue weighted by Gasteiger charge is 2.30. The monoisotopic (exact) mass is 216 g/mol. The van der Waals surface area contributed by atoms with E-state index in [1.165, 1.54) is 12.8 Å². The van der Waals surface area contributed by atoms with Crippen molar-refractivity contribution in [2.45, 2.75) is 58.0 Å². The molecule has 0 aromatic carbocycles. The van der Waals surface area contributed by atoms with Gasteiger partial charge >= 0.3 is 0 Å². The van der Waals surface area contributed by atoms with Crippen molar-refractivity contribution in [3.63, 3.8) is 0 Å². The van der Waals surface area contributed by atoms with Crippen molar-refractivity contribution in [3.8, 4) is 0 Å². The standard InChI is InChI=1S/C11H24O2Si/c1-9-6-10(12-2)8-11(7-9)13-14(3,4)5/h9-11H,6-8H2,1-5H3/t9-,10-,11+/m0/s1. The number of hydrogen-bond donors (Lipinski definition) is 0.